The number of fused-ring (bicyclic) bond motifs is 1. The van der Waals surface area contributed by atoms with E-state index in [1.807, 2.05) is 30.3 Å². The van der Waals surface area contributed by atoms with E-state index in [0.29, 0.717) is 16.7 Å². The lowest BCUT2D eigenvalue weighted by Crippen LogP contribution is -2.35. The van der Waals surface area contributed by atoms with Crippen LogP contribution >= 0.6 is 0 Å². The van der Waals surface area contributed by atoms with Gasteiger partial charge in [-0.05, 0) is 17.7 Å². The number of benzene rings is 2. The van der Waals surface area contributed by atoms with Gasteiger partial charge in [-0.25, -0.2) is 4.79 Å². The van der Waals surface area contributed by atoms with Crippen LogP contribution in [-0.4, -0.2) is 16.7 Å². The Bertz CT molecular complexity index is 895. The monoisotopic (exact) mass is 282 g/mol. The molecule has 5 nitrogen and oxygen atoms in total. The summed E-state index contributed by atoms with van der Waals surface area (Å²) in [7, 11) is 1.54. The molecule has 0 spiro atoms. The van der Waals surface area contributed by atoms with E-state index in [-0.39, 0.29) is 12.1 Å². The first kappa shape index (κ1) is 13.2. The number of hydrogen-bond acceptors (Lipinski definition) is 3. The minimum absolute atomic E-state index is 0.247. The summed E-state index contributed by atoms with van der Waals surface area (Å²) in [4.78, 5) is 27.3. The Balaban J connectivity index is 2.16. The molecular weight excluding hydrogens is 268 g/mol. The van der Waals surface area contributed by atoms with Gasteiger partial charge in [0.1, 0.15) is 5.75 Å². The molecule has 0 bridgehead atoms. The first-order chi connectivity index (χ1) is 10.2. The van der Waals surface area contributed by atoms with Crippen molar-refractivity contribution >= 4 is 10.9 Å². The molecule has 0 radical (unpaired) electrons. The highest BCUT2D eigenvalue weighted by Gasteiger charge is 2.08. The van der Waals surface area contributed by atoms with Crippen LogP contribution in [0.3, 0.4) is 0 Å². The zero-order chi connectivity index (χ0) is 14.8. The number of ether oxygens (including phenoxy) is 1. The standard InChI is InChI=1S/C16H14N2O3/c1-21-12-7-8-13-14(9-12)17-16(20)18(15(13)19)10-11-5-3-2-4-6-11/h2-9H,10H2,1H3,(H,17,20). The summed E-state index contributed by atoms with van der Waals surface area (Å²) in [5, 5.41) is 0.464. The predicted octanol–water partition coefficient (Wildman–Crippen LogP) is 1.75. The fourth-order valence-corrected chi connectivity index (χ4v) is 2.27. The van der Waals surface area contributed by atoms with Crippen LogP contribution in [0.2, 0.25) is 0 Å². The molecule has 1 N–H and O–H groups in total. The van der Waals surface area contributed by atoms with Crippen LogP contribution in [-0.2, 0) is 6.54 Å². The molecule has 5 heteroatoms. The summed E-state index contributed by atoms with van der Waals surface area (Å²) >= 11 is 0. The fraction of sp³-hybridized carbons (Fsp3) is 0.125. The minimum atomic E-state index is -0.426. The van der Waals surface area contributed by atoms with E-state index in [1.165, 1.54) is 11.7 Å². The van der Waals surface area contributed by atoms with Gasteiger partial charge in [0.25, 0.3) is 5.56 Å². The molecule has 3 aromatic rings. The van der Waals surface area contributed by atoms with E-state index in [1.54, 1.807) is 18.2 Å². The summed E-state index contributed by atoms with van der Waals surface area (Å²) in [5.41, 5.74) is 0.650. The number of hydrogen-bond donors (Lipinski definition) is 1. The summed E-state index contributed by atoms with van der Waals surface area (Å²) < 4.78 is 6.30. The van der Waals surface area contributed by atoms with Crippen LogP contribution in [0.5, 0.6) is 5.75 Å². The van der Waals surface area contributed by atoms with Crippen molar-refractivity contribution in [1.82, 2.24) is 9.55 Å². The van der Waals surface area contributed by atoms with Crippen molar-refractivity contribution in [3.05, 3.63) is 74.9 Å². The van der Waals surface area contributed by atoms with Crippen molar-refractivity contribution in [1.29, 1.82) is 0 Å². The average molecular weight is 282 g/mol. The van der Waals surface area contributed by atoms with Gasteiger partial charge in [-0.3, -0.25) is 9.36 Å². The normalized spacial score (nSPS) is 10.7. The topological polar surface area (TPSA) is 64.1 Å². The maximum Gasteiger partial charge on any atom is 0.329 e. The third-order valence-electron chi connectivity index (χ3n) is 3.37. The Morgan fingerprint density at radius 3 is 2.57 bits per heavy atom. The largest absolute Gasteiger partial charge is 0.497 e. The molecule has 2 aromatic carbocycles. The Morgan fingerprint density at radius 2 is 1.86 bits per heavy atom. The first-order valence-electron chi connectivity index (χ1n) is 6.54. The molecule has 0 atom stereocenters. The molecule has 21 heavy (non-hydrogen) atoms. The van der Waals surface area contributed by atoms with Gasteiger partial charge < -0.3 is 9.72 Å². The number of aromatic nitrogens is 2. The molecule has 1 heterocycles. The number of rotatable bonds is 3. The molecule has 3 rings (SSSR count). The smallest absolute Gasteiger partial charge is 0.329 e. The first-order valence-corrected chi connectivity index (χ1v) is 6.54. The maximum absolute atomic E-state index is 12.5. The molecule has 106 valence electrons. The molecule has 0 saturated heterocycles. The molecule has 0 aliphatic rings. The van der Waals surface area contributed by atoms with E-state index < -0.39 is 5.69 Å². The van der Waals surface area contributed by atoms with Crippen molar-refractivity contribution in [3.8, 4) is 5.75 Å². The number of nitrogens with zero attached hydrogens (tertiary/aromatic N) is 1. The molecule has 0 amide bonds. The van der Waals surface area contributed by atoms with Crippen LogP contribution in [0.25, 0.3) is 10.9 Å². The Labute approximate surface area is 120 Å². The molecule has 0 aliphatic heterocycles. The summed E-state index contributed by atoms with van der Waals surface area (Å²) in [5.74, 6) is 0.596. The summed E-state index contributed by atoms with van der Waals surface area (Å²) in [6.45, 7) is 0.247. The molecule has 0 unspecified atom stereocenters. The quantitative estimate of drug-likeness (QED) is 0.796. The van der Waals surface area contributed by atoms with E-state index in [4.69, 9.17) is 4.74 Å². The third-order valence-corrected chi connectivity index (χ3v) is 3.37. The van der Waals surface area contributed by atoms with Gasteiger partial charge in [0.15, 0.2) is 0 Å². The highest BCUT2D eigenvalue weighted by Crippen LogP contribution is 2.15. The lowest BCUT2D eigenvalue weighted by atomic mass is 10.2. The van der Waals surface area contributed by atoms with Crippen molar-refractivity contribution in [2.75, 3.05) is 7.11 Å². The summed E-state index contributed by atoms with van der Waals surface area (Å²) in [6.07, 6.45) is 0. The van der Waals surface area contributed by atoms with Crippen LogP contribution in [0.1, 0.15) is 5.56 Å². The van der Waals surface area contributed by atoms with Gasteiger partial charge >= 0.3 is 5.69 Å². The number of nitrogens with one attached hydrogen (secondary N) is 1. The van der Waals surface area contributed by atoms with Crippen LogP contribution in [0.4, 0.5) is 0 Å². The second-order valence-corrected chi connectivity index (χ2v) is 4.72. The van der Waals surface area contributed by atoms with Crippen molar-refractivity contribution in [3.63, 3.8) is 0 Å². The van der Waals surface area contributed by atoms with Gasteiger partial charge in [0.2, 0.25) is 0 Å². The zero-order valence-electron chi connectivity index (χ0n) is 11.5. The van der Waals surface area contributed by atoms with Gasteiger partial charge in [-0.1, -0.05) is 30.3 Å². The minimum Gasteiger partial charge on any atom is -0.497 e. The Hall–Kier alpha value is -2.82. The predicted molar refractivity (Wildman–Crippen MR) is 80.9 cm³/mol. The highest BCUT2D eigenvalue weighted by atomic mass is 16.5. The highest BCUT2D eigenvalue weighted by molar-refractivity contribution is 5.78. The molecule has 0 fully saturated rings. The zero-order valence-corrected chi connectivity index (χ0v) is 11.5. The molecule has 1 aromatic heterocycles. The van der Waals surface area contributed by atoms with Crippen molar-refractivity contribution in [2.24, 2.45) is 0 Å². The lowest BCUT2D eigenvalue weighted by Gasteiger charge is -2.07. The van der Waals surface area contributed by atoms with Crippen LogP contribution in [0, 0.1) is 0 Å². The second-order valence-electron chi connectivity index (χ2n) is 4.72. The van der Waals surface area contributed by atoms with E-state index >= 15 is 0 Å². The fourth-order valence-electron chi connectivity index (χ4n) is 2.27. The number of H-pyrrole nitrogens is 1. The van der Waals surface area contributed by atoms with Crippen molar-refractivity contribution < 1.29 is 4.74 Å². The molecule has 0 aliphatic carbocycles. The van der Waals surface area contributed by atoms with Crippen LogP contribution < -0.4 is 16.0 Å². The second kappa shape index (κ2) is 5.28. The Kier molecular flexibility index (Phi) is 3.31. The SMILES string of the molecule is COc1ccc2c(=O)n(Cc3ccccc3)c(=O)[nH]c2c1. The average Bonchev–Trinajstić information content (AvgIpc) is 2.52. The van der Waals surface area contributed by atoms with Crippen LogP contribution in [0.15, 0.2) is 58.1 Å². The lowest BCUT2D eigenvalue weighted by molar-refractivity contribution is 0.415. The van der Waals surface area contributed by atoms with Gasteiger partial charge in [-0.2, -0.15) is 0 Å². The third kappa shape index (κ3) is 2.45. The van der Waals surface area contributed by atoms with E-state index in [2.05, 4.69) is 4.98 Å². The molecular formula is C16H14N2O3. The maximum atomic E-state index is 12.5. The number of aromatic amines is 1. The molecule has 0 saturated carbocycles. The van der Waals surface area contributed by atoms with E-state index in [0.717, 1.165) is 5.56 Å². The Morgan fingerprint density at radius 1 is 1.10 bits per heavy atom. The van der Waals surface area contributed by atoms with Gasteiger partial charge in [0.05, 0.1) is 24.6 Å². The van der Waals surface area contributed by atoms with Crippen molar-refractivity contribution in [2.45, 2.75) is 6.54 Å². The number of methoxy groups -OCH3 is 1. The van der Waals surface area contributed by atoms with Gasteiger partial charge in [-0.15, -0.1) is 0 Å². The van der Waals surface area contributed by atoms with E-state index in [9.17, 15) is 9.59 Å². The van der Waals surface area contributed by atoms with Gasteiger partial charge in [0, 0.05) is 6.07 Å². The summed E-state index contributed by atoms with van der Waals surface area (Å²) in [6, 6.07) is 14.4.